The molecule has 1 atom stereocenters. The van der Waals surface area contributed by atoms with Gasteiger partial charge in [0.1, 0.15) is 5.75 Å². The smallest absolute Gasteiger partial charge is 0.118 e. The molecule has 106 valence electrons. The molecule has 0 amide bonds. The van der Waals surface area contributed by atoms with Gasteiger partial charge in [-0.25, -0.2) is 0 Å². The minimum Gasteiger partial charge on any atom is -0.497 e. The van der Waals surface area contributed by atoms with Crippen molar-refractivity contribution in [2.45, 2.75) is 44.1 Å². The van der Waals surface area contributed by atoms with Crippen LogP contribution in [-0.2, 0) is 11.2 Å². The van der Waals surface area contributed by atoms with Crippen LogP contribution in [0.5, 0.6) is 5.75 Å². The molecule has 2 nitrogen and oxygen atoms in total. The highest BCUT2D eigenvalue weighted by Crippen LogP contribution is 2.35. The van der Waals surface area contributed by atoms with E-state index in [9.17, 15) is 0 Å². The van der Waals surface area contributed by atoms with Crippen molar-refractivity contribution in [2.24, 2.45) is 5.92 Å². The third kappa shape index (κ3) is 4.39. The maximum absolute atomic E-state index is 6.45. The van der Waals surface area contributed by atoms with Gasteiger partial charge in [-0.1, -0.05) is 12.1 Å². The first-order chi connectivity index (χ1) is 9.21. The summed E-state index contributed by atoms with van der Waals surface area (Å²) in [6.07, 6.45) is 4.87. The van der Waals surface area contributed by atoms with Crippen molar-refractivity contribution in [3.05, 3.63) is 29.8 Å². The lowest BCUT2D eigenvalue weighted by molar-refractivity contribution is -0.0266. The Morgan fingerprint density at radius 3 is 2.53 bits per heavy atom. The fourth-order valence-electron chi connectivity index (χ4n) is 2.70. The Bertz CT molecular complexity index is 371. The lowest BCUT2D eigenvalue weighted by Crippen LogP contribution is -2.33. The van der Waals surface area contributed by atoms with Crippen LogP contribution in [0.25, 0.3) is 0 Å². The maximum atomic E-state index is 6.45. The van der Waals surface area contributed by atoms with E-state index in [1.54, 1.807) is 7.11 Å². The fraction of sp³-hybridized carbons (Fsp3) is 0.625. The minimum absolute atomic E-state index is 0.223. The summed E-state index contributed by atoms with van der Waals surface area (Å²) < 4.78 is 10.7. The van der Waals surface area contributed by atoms with E-state index in [0.29, 0.717) is 6.10 Å². The highest BCUT2D eigenvalue weighted by molar-refractivity contribution is 6.20. The van der Waals surface area contributed by atoms with E-state index in [0.717, 1.165) is 31.1 Å². The molecule has 0 radical (unpaired) electrons. The normalized spacial score (nSPS) is 23.7. The van der Waals surface area contributed by atoms with Crippen molar-refractivity contribution in [1.82, 2.24) is 0 Å². The summed E-state index contributed by atoms with van der Waals surface area (Å²) in [5, 5.41) is 0.223. The van der Waals surface area contributed by atoms with Crippen molar-refractivity contribution >= 4 is 11.6 Å². The summed E-state index contributed by atoms with van der Waals surface area (Å²) in [4.78, 5) is 0. The van der Waals surface area contributed by atoms with Gasteiger partial charge in [-0.2, -0.15) is 0 Å². The molecule has 0 bridgehead atoms. The van der Waals surface area contributed by atoms with E-state index in [-0.39, 0.29) is 5.38 Å². The summed E-state index contributed by atoms with van der Waals surface area (Å²) in [6, 6.07) is 8.18. The van der Waals surface area contributed by atoms with Gasteiger partial charge in [-0.05, 0) is 56.2 Å². The summed E-state index contributed by atoms with van der Waals surface area (Å²) in [6.45, 7) is 2.88. The third-order valence-electron chi connectivity index (χ3n) is 3.80. The van der Waals surface area contributed by atoms with E-state index in [1.165, 1.54) is 18.4 Å². The molecule has 2 rings (SSSR count). The summed E-state index contributed by atoms with van der Waals surface area (Å²) in [5.74, 6) is 1.64. The van der Waals surface area contributed by atoms with E-state index in [1.807, 2.05) is 12.1 Å². The number of rotatable bonds is 7. The predicted molar refractivity (Wildman–Crippen MR) is 79.1 cm³/mol. The largest absolute Gasteiger partial charge is 0.497 e. The van der Waals surface area contributed by atoms with Gasteiger partial charge in [0.25, 0.3) is 0 Å². The zero-order valence-electron chi connectivity index (χ0n) is 11.8. The number of ether oxygens (including phenoxy) is 2. The van der Waals surface area contributed by atoms with Gasteiger partial charge in [-0.15, -0.1) is 11.6 Å². The number of hydrogen-bond acceptors (Lipinski definition) is 2. The Hall–Kier alpha value is -0.730. The third-order valence-corrected chi connectivity index (χ3v) is 4.13. The molecule has 0 saturated heterocycles. The molecular weight excluding hydrogens is 260 g/mol. The maximum Gasteiger partial charge on any atom is 0.118 e. The van der Waals surface area contributed by atoms with Crippen LogP contribution in [0, 0.1) is 5.92 Å². The average molecular weight is 283 g/mol. The van der Waals surface area contributed by atoms with Gasteiger partial charge in [0, 0.05) is 12.0 Å². The average Bonchev–Trinajstić information content (AvgIpc) is 2.37. The van der Waals surface area contributed by atoms with Crippen molar-refractivity contribution in [3.63, 3.8) is 0 Å². The molecule has 1 aliphatic rings. The highest BCUT2D eigenvalue weighted by atomic mass is 35.5. The Morgan fingerprint density at radius 2 is 1.95 bits per heavy atom. The molecule has 0 spiro atoms. The van der Waals surface area contributed by atoms with Crippen molar-refractivity contribution in [1.29, 1.82) is 0 Å². The van der Waals surface area contributed by atoms with E-state index in [2.05, 4.69) is 19.1 Å². The molecule has 1 unspecified atom stereocenters. The minimum atomic E-state index is 0.223. The predicted octanol–water partition coefficient (Wildman–Crippen LogP) is 4.05. The molecule has 0 heterocycles. The Kier molecular flexibility index (Phi) is 5.53. The second kappa shape index (κ2) is 7.16. The molecule has 1 saturated carbocycles. The molecular formula is C16H23ClO2. The first kappa shape index (κ1) is 14.7. The second-order valence-corrected chi connectivity index (χ2v) is 5.92. The van der Waals surface area contributed by atoms with Crippen LogP contribution in [0.15, 0.2) is 24.3 Å². The second-order valence-electron chi connectivity index (χ2n) is 5.30. The molecule has 0 aromatic heterocycles. The quantitative estimate of drug-likeness (QED) is 0.703. The van der Waals surface area contributed by atoms with Crippen molar-refractivity contribution in [3.8, 4) is 5.75 Å². The van der Waals surface area contributed by atoms with Crippen LogP contribution in [0.3, 0.4) is 0 Å². The molecule has 1 aromatic rings. The number of methoxy groups -OCH3 is 1. The van der Waals surface area contributed by atoms with Gasteiger partial charge >= 0.3 is 0 Å². The highest BCUT2D eigenvalue weighted by Gasteiger charge is 2.30. The van der Waals surface area contributed by atoms with Crippen LogP contribution in [0.1, 0.15) is 31.7 Å². The lowest BCUT2D eigenvalue weighted by atomic mass is 9.78. The van der Waals surface area contributed by atoms with E-state index in [4.69, 9.17) is 21.1 Å². The van der Waals surface area contributed by atoms with Crippen molar-refractivity contribution in [2.75, 3.05) is 13.7 Å². The number of hydrogen-bond donors (Lipinski definition) is 0. The molecule has 0 aliphatic heterocycles. The van der Waals surface area contributed by atoms with Crippen molar-refractivity contribution < 1.29 is 9.47 Å². The van der Waals surface area contributed by atoms with Crippen LogP contribution in [-0.4, -0.2) is 25.2 Å². The van der Waals surface area contributed by atoms with E-state index >= 15 is 0 Å². The van der Waals surface area contributed by atoms with Gasteiger partial charge in [0.15, 0.2) is 0 Å². The molecule has 1 fully saturated rings. The fourth-order valence-corrected chi connectivity index (χ4v) is 3.13. The summed E-state index contributed by atoms with van der Waals surface area (Å²) in [5.41, 5.74) is 1.28. The Labute approximate surface area is 121 Å². The molecule has 19 heavy (non-hydrogen) atoms. The molecule has 1 aromatic carbocycles. The molecule has 0 N–H and O–H groups in total. The number of benzene rings is 1. The SMILES string of the molecule is CCOC1CC(CC(Cl)Cc2ccc(OC)cc2)C1. The number of alkyl halides is 1. The lowest BCUT2D eigenvalue weighted by Gasteiger charge is -2.36. The zero-order valence-corrected chi connectivity index (χ0v) is 12.5. The zero-order chi connectivity index (χ0) is 13.7. The first-order valence-electron chi connectivity index (χ1n) is 7.09. The monoisotopic (exact) mass is 282 g/mol. The van der Waals surface area contributed by atoms with E-state index < -0.39 is 0 Å². The van der Waals surface area contributed by atoms with Crippen LogP contribution >= 0.6 is 11.6 Å². The summed E-state index contributed by atoms with van der Waals surface area (Å²) >= 11 is 6.45. The van der Waals surface area contributed by atoms with Gasteiger partial charge < -0.3 is 9.47 Å². The topological polar surface area (TPSA) is 18.5 Å². The van der Waals surface area contributed by atoms with Crippen LogP contribution in [0.4, 0.5) is 0 Å². The van der Waals surface area contributed by atoms with Crippen LogP contribution < -0.4 is 4.74 Å². The standard InChI is InChI=1S/C16H23ClO2/c1-3-19-16-10-13(11-16)9-14(17)8-12-4-6-15(18-2)7-5-12/h4-7,13-14,16H,3,8-11H2,1-2H3. The van der Waals surface area contributed by atoms with Gasteiger partial charge in [-0.3, -0.25) is 0 Å². The molecule has 3 heteroatoms. The van der Waals surface area contributed by atoms with Gasteiger partial charge in [0.05, 0.1) is 13.2 Å². The first-order valence-corrected chi connectivity index (χ1v) is 7.53. The Morgan fingerprint density at radius 1 is 1.26 bits per heavy atom. The van der Waals surface area contributed by atoms with Crippen LogP contribution in [0.2, 0.25) is 0 Å². The number of halogens is 1. The van der Waals surface area contributed by atoms with Gasteiger partial charge in [0.2, 0.25) is 0 Å². The molecule has 1 aliphatic carbocycles. The summed E-state index contributed by atoms with van der Waals surface area (Å²) in [7, 11) is 1.69. The Balaban J connectivity index is 1.71.